The third-order valence-corrected chi connectivity index (χ3v) is 10.3. The van der Waals surface area contributed by atoms with Gasteiger partial charge in [0.1, 0.15) is 0 Å². The first-order chi connectivity index (χ1) is 28.2. The van der Waals surface area contributed by atoms with Crippen molar-refractivity contribution in [2.24, 2.45) is 0 Å². The highest BCUT2D eigenvalue weighted by Crippen LogP contribution is 2.15. The van der Waals surface area contributed by atoms with E-state index in [9.17, 15) is 15.0 Å². The minimum absolute atomic E-state index is 0.124. The molecule has 0 aliphatic heterocycles. The van der Waals surface area contributed by atoms with Crippen molar-refractivity contribution in [1.29, 1.82) is 0 Å². The summed E-state index contributed by atoms with van der Waals surface area (Å²) in [6.45, 7) is 4.17. The summed E-state index contributed by atoms with van der Waals surface area (Å²) in [5, 5.41) is 23.0. The first kappa shape index (κ1) is 54.3. The molecule has 0 aliphatic rings. The van der Waals surface area contributed by atoms with Crippen molar-refractivity contribution in [2.45, 2.75) is 225 Å². The van der Waals surface area contributed by atoms with Crippen LogP contribution >= 0.6 is 0 Å². The Morgan fingerprint density at radius 2 is 0.772 bits per heavy atom. The zero-order valence-electron chi connectivity index (χ0n) is 37.3. The maximum atomic E-state index is 12.4. The number of aliphatic hydroxyl groups excluding tert-OH is 2. The van der Waals surface area contributed by atoms with Crippen LogP contribution in [0.1, 0.15) is 213 Å². The second-order valence-electron chi connectivity index (χ2n) is 15.8. The number of hydrogen-bond acceptors (Lipinski definition) is 3. The van der Waals surface area contributed by atoms with Gasteiger partial charge in [-0.1, -0.05) is 233 Å². The average molecular weight is 790 g/mol. The maximum Gasteiger partial charge on any atom is 0.220 e. The lowest BCUT2D eigenvalue weighted by Gasteiger charge is -2.19. The lowest BCUT2D eigenvalue weighted by molar-refractivity contribution is -0.122. The molecule has 0 radical (unpaired) electrons. The summed E-state index contributed by atoms with van der Waals surface area (Å²) in [6, 6.07) is -0.660. The van der Waals surface area contributed by atoms with Crippen LogP contribution in [0.3, 0.4) is 0 Å². The molecule has 0 rings (SSSR count). The van der Waals surface area contributed by atoms with Gasteiger partial charge in [0.15, 0.2) is 0 Å². The van der Waals surface area contributed by atoms with Crippen molar-refractivity contribution in [2.75, 3.05) is 6.61 Å². The Bertz CT molecular complexity index is 1080. The van der Waals surface area contributed by atoms with Crippen molar-refractivity contribution in [3.8, 4) is 0 Å². The zero-order chi connectivity index (χ0) is 41.4. The molecule has 2 unspecified atom stereocenters. The molecular formula is C53H91NO3. The number of nitrogens with one attached hydrogen (secondary N) is 1. The molecule has 0 saturated carbocycles. The smallest absolute Gasteiger partial charge is 0.220 e. The van der Waals surface area contributed by atoms with Gasteiger partial charge in [-0.2, -0.15) is 0 Å². The minimum atomic E-state index is -0.870. The maximum absolute atomic E-state index is 12.4. The highest BCUT2D eigenvalue weighted by atomic mass is 16.3. The predicted molar refractivity (Wildman–Crippen MR) is 253 cm³/mol. The van der Waals surface area contributed by atoms with Crippen molar-refractivity contribution in [1.82, 2.24) is 5.32 Å². The number of carbonyl (C=O) groups is 1. The van der Waals surface area contributed by atoms with Gasteiger partial charge in [0, 0.05) is 6.42 Å². The van der Waals surface area contributed by atoms with E-state index in [0.717, 1.165) is 70.6 Å². The molecule has 1 amide bonds. The number of amides is 1. The fourth-order valence-corrected chi connectivity index (χ4v) is 6.70. The lowest BCUT2D eigenvalue weighted by atomic mass is 10.0. The molecular weight excluding hydrogens is 699 g/mol. The fraction of sp³-hybridized carbons (Fsp3) is 0.679. The highest BCUT2D eigenvalue weighted by molar-refractivity contribution is 5.76. The summed E-state index contributed by atoms with van der Waals surface area (Å²) in [6.07, 6.45) is 71.0. The van der Waals surface area contributed by atoms with Gasteiger partial charge in [-0.15, -0.1) is 0 Å². The van der Waals surface area contributed by atoms with Gasteiger partial charge in [-0.3, -0.25) is 4.79 Å². The summed E-state index contributed by atoms with van der Waals surface area (Å²) in [7, 11) is 0. The molecule has 3 N–H and O–H groups in total. The third kappa shape index (κ3) is 44.3. The normalized spacial score (nSPS) is 13.8. The fourth-order valence-electron chi connectivity index (χ4n) is 6.70. The summed E-state index contributed by atoms with van der Waals surface area (Å²) >= 11 is 0. The van der Waals surface area contributed by atoms with Crippen LogP contribution in [-0.4, -0.2) is 34.9 Å². The summed E-state index contributed by atoms with van der Waals surface area (Å²) < 4.78 is 0. The molecule has 0 aromatic carbocycles. The van der Waals surface area contributed by atoms with Gasteiger partial charge in [0.05, 0.1) is 18.8 Å². The molecule has 0 aromatic rings. The molecule has 0 aromatic heterocycles. The lowest BCUT2D eigenvalue weighted by Crippen LogP contribution is -2.45. The molecule has 4 nitrogen and oxygen atoms in total. The topological polar surface area (TPSA) is 69.6 Å². The summed E-state index contributed by atoms with van der Waals surface area (Å²) in [5.74, 6) is -0.124. The Balaban J connectivity index is 3.70. The van der Waals surface area contributed by atoms with E-state index < -0.39 is 12.1 Å². The second-order valence-corrected chi connectivity index (χ2v) is 15.8. The molecule has 0 heterocycles. The quantitative estimate of drug-likeness (QED) is 0.0426. The molecule has 0 fully saturated rings. The van der Waals surface area contributed by atoms with Crippen molar-refractivity contribution in [3.05, 3.63) is 97.2 Å². The molecule has 0 spiro atoms. The van der Waals surface area contributed by atoms with E-state index in [0.29, 0.717) is 6.42 Å². The Morgan fingerprint density at radius 1 is 0.439 bits per heavy atom. The molecule has 57 heavy (non-hydrogen) atoms. The van der Waals surface area contributed by atoms with E-state index in [1.807, 2.05) is 6.08 Å². The SMILES string of the molecule is CC/C=C\C/C=C\C/C=C\C/C=C\C/C=C\C/C=C\C/C=C\CCCC(=O)NC(CO)C(O)/C=C/CCCCCCCCCCCCCCCCCCCCCC. The van der Waals surface area contributed by atoms with Crippen LogP contribution in [0.2, 0.25) is 0 Å². The number of allylic oxidation sites excluding steroid dienone is 15. The van der Waals surface area contributed by atoms with Crippen molar-refractivity contribution in [3.63, 3.8) is 0 Å². The Morgan fingerprint density at radius 3 is 1.14 bits per heavy atom. The molecule has 0 saturated heterocycles. The van der Waals surface area contributed by atoms with E-state index in [4.69, 9.17) is 0 Å². The van der Waals surface area contributed by atoms with Crippen LogP contribution in [0.25, 0.3) is 0 Å². The highest BCUT2D eigenvalue weighted by Gasteiger charge is 2.17. The van der Waals surface area contributed by atoms with Crippen LogP contribution in [-0.2, 0) is 4.79 Å². The molecule has 0 bridgehead atoms. The third-order valence-electron chi connectivity index (χ3n) is 10.3. The van der Waals surface area contributed by atoms with Gasteiger partial charge < -0.3 is 15.5 Å². The monoisotopic (exact) mass is 790 g/mol. The van der Waals surface area contributed by atoms with Crippen LogP contribution in [0.4, 0.5) is 0 Å². The standard InChI is InChI=1S/C53H91NO3/c1-3-5-7-9-11-13-15-17-19-21-23-25-27-29-31-33-35-37-39-41-43-45-47-49-53(57)54-51(50-55)52(56)48-46-44-42-40-38-36-34-32-30-28-26-24-22-20-18-16-14-12-10-8-6-4-2/h5,7,11,13,17,19,23,25,29,31,35,37,41,43,46,48,51-52,55-56H,3-4,6,8-10,12,14-16,18,20-22,24,26-28,30,32-34,36,38-40,42,44-45,47,49-50H2,1-2H3,(H,54,57)/b7-5-,13-11-,19-17-,25-23-,31-29-,37-35-,43-41-,48-46+. The summed E-state index contributed by atoms with van der Waals surface area (Å²) in [4.78, 5) is 12.4. The Labute approximate surface area is 353 Å². The van der Waals surface area contributed by atoms with E-state index >= 15 is 0 Å². The first-order valence-electron chi connectivity index (χ1n) is 24.0. The largest absolute Gasteiger partial charge is 0.394 e. The van der Waals surface area contributed by atoms with E-state index in [-0.39, 0.29) is 12.5 Å². The van der Waals surface area contributed by atoms with Gasteiger partial charge in [0.25, 0.3) is 0 Å². The summed E-state index contributed by atoms with van der Waals surface area (Å²) in [5.41, 5.74) is 0. The predicted octanol–water partition coefficient (Wildman–Crippen LogP) is 15.4. The van der Waals surface area contributed by atoms with Crippen LogP contribution in [0.5, 0.6) is 0 Å². The van der Waals surface area contributed by atoms with Gasteiger partial charge in [-0.05, 0) is 70.6 Å². The number of hydrogen-bond donors (Lipinski definition) is 3. The average Bonchev–Trinajstić information content (AvgIpc) is 3.22. The number of rotatable bonds is 42. The van der Waals surface area contributed by atoms with Crippen LogP contribution in [0, 0.1) is 0 Å². The molecule has 326 valence electrons. The number of unbranched alkanes of at least 4 members (excludes halogenated alkanes) is 21. The van der Waals surface area contributed by atoms with Crippen molar-refractivity contribution >= 4 is 5.91 Å². The van der Waals surface area contributed by atoms with E-state index in [1.54, 1.807) is 6.08 Å². The van der Waals surface area contributed by atoms with Gasteiger partial charge in [0.2, 0.25) is 5.91 Å². The molecule has 0 aliphatic carbocycles. The Kier molecular flexibility index (Phi) is 45.4. The first-order valence-corrected chi connectivity index (χ1v) is 24.0. The zero-order valence-corrected chi connectivity index (χ0v) is 37.3. The molecule has 4 heteroatoms. The van der Waals surface area contributed by atoms with Crippen molar-refractivity contribution < 1.29 is 15.0 Å². The van der Waals surface area contributed by atoms with Gasteiger partial charge >= 0.3 is 0 Å². The Hall–Kier alpha value is -2.69. The van der Waals surface area contributed by atoms with E-state index in [2.05, 4.69) is 104 Å². The van der Waals surface area contributed by atoms with Crippen LogP contribution in [0.15, 0.2) is 97.2 Å². The van der Waals surface area contributed by atoms with Gasteiger partial charge in [-0.25, -0.2) is 0 Å². The molecule has 2 atom stereocenters. The second kappa shape index (κ2) is 47.7. The van der Waals surface area contributed by atoms with Crippen LogP contribution < -0.4 is 5.32 Å². The van der Waals surface area contributed by atoms with E-state index in [1.165, 1.54) is 122 Å². The number of carbonyl (C=O) groups excluding carboxylic acids is 1. The minimum Gasteiger partial charge on any atom is -0.394 e. The number of aliphatic hydroxyl groups is 2.